The van der Waals surface area contributed by atoms with Crippen LogP contribution in [-0.2, 0) is 22.3 Å². The van der Waals surface area contributed by atoms with Gasteiger partial charge in [-0.1, -0.05) is 30.0 Å². The Kier molecular flexibility index (Phi) is 4.74. The Morgan fingerprint density at radius 3 is 2.64 bits per heavy atom. The van der Waals surface area contributed by atoms with Crippen LogP contribution in [0.15, 0.2) is 29.3 Å². The molecule has 1 heterocycles. The van der Waals surface area contributed by atoms with Gasteiger partial charge in [-0.25, -0.2) is 0 Å². The smallest absolute Gasteiger partial charge is 0.378 e. The number of alkyl halides is 3. The predicted octanol–water partition coefficient (Wildman–Crippen LogP) is 1.67. The molecule has 0 spiro atoms. The lowest BCUT2D eigenvalue weighted by Gasteiger charge is -2.13. The Morgan fingerprint density at radius 1 is 1.36 bits per heavy atom. The van der Waals surface area contributed by atoms with E-state index in [0.717, 1.165) is 17.8 Å². The molecule has 1 aromatic rings. The van der Waals surface area contributed by atoms with Gasteiger partial charge in [0, 0.05) is 13.0 Å². The van der Waals surface area contributed by atoms with E-state index in [-0.39, 0.29) is 23.7 Å². The number of halogens is 3. The van der Waals surface area contributed by atoms with Crippen LogP contribution in [0, 0.1) is 0 Å². The number of benzene rings is 1. The van der Waals surface area contributed by atoms with Crippen LogP contribution >= 0.6 is 11.8 Å². The number of nitrogens with zero attached hydrogens (tertiary/aromatic N) is 1. The predicted molar refractivity (Wildman–Crippen MR) is 75.9 cm³/mol. The molecule has 3 N–H and O–H groups in total. The molecule has 22 heavy (non-hydrogen) atoms. The number of hydrogen-bond donors (Lipinski definition) is 2. The van der Waals surface area contributed by atoms with Crippen molar-refractivity contribution in [1.82, 2.24) is 5.32 Å². The van der Waals surface area contributed by atoms with Crippen molar-refractivity contribution in [3.05, 3.63) is 35.4 Å². The highest BCUT2D eigenvalue weighted by Crippen LogP contribution is 2.31. The maximum absolute atomic E-state index is 12.8. The van der Waals surface area contributed by atoms with E-state index in [4.69, 9.17) is 5.73 Å². The first-order valence-corrected chi connectivity index (χ1v) is 7.12. The van der Waals surface area contributed by atoms with Gasteiger partial charge in [0.1, 0.15) is 5.25 Å². The fourth-order valence-corrected chi connectivity index (χ4v) is 2.74. The molecule has 5 nitrogen and oxygen atoms in total. The van der Waals surface area contributed by atoms with Crippen molar-refractivity contribution in [1.29, 1.82) is 0 Å². The van der Waals surface area contributed by atoms with Gasteiger partial charge in [-0.15, -0.1) is 0 Å². The summed E-state index contributed by atoms with van der Waals surface area (Å²) < 4.78 is 38.4. The maximum Gasteiger partial charge on any atom is 0.416 e. The van der Waals surface area contributed by atoms with Crippen LogP contribution in [0.4, 0.5) is 13.2 Å². The number of carbonyl (C=O) groups is 2. The summed E-state index contributed by atoms with van der Waals surface area (Å²) >= 11 is 0.968. The molecule has 1 atom stereocenters. The van der Waals surface area contributed by atoms with Gasteiger partial charge in [-0.3, -0.25) is 9.59 Å². The number of nitrogens with two attached hydrogens (primary N) is 1. The second-order valence-electron chi connectivity index (χ2n) is 4.53. The van der Waals surface area contributed by atoms with Crippen LogP contribution in [0.2, 0.25) is 0 Å². The molecule has 2 amide bonds. The standard InChI is InChI=1S/C13H12F3N3O2S/c14-13(15,16)8-4-2-1-3-7(8)6-18-10(20)5-9-11(21)19-12(17)22-9/h1-4,9H,5-6H2,(H,18,20)(H2,17,19,21). The van der Waals surface area contributed by atoms with E-state index in [1.807, 2.05) is 0 Å². The van der Waals surface area contributed by atoms with Crippen LogP contribution in [0.3, 0.4) is 0 Å². The highest BCUT2D eigenvalue weighted by molar-refractivity contribution is 8.15. The van der Waals surface area contributed by atoms with Crippen molar-refractivity contribution in [2.75, 3.05) is 0 Å². The largest absolute Gasteiger partial charge is 0.416 e. The monoisotopic (exact) mass is 331 g/mol. The lowest BCUT2D eigenvalue weighted by Crippen LogP contribution is -2.28. The van der Waals surface area contributed by atoms with Gasteiger partial charge in [0.2, 0.25) is 5.91 Å². The maximum atomic E-state index is 12.8. The van der Waals surface area contributed by atoms with Crippen molar-refractivity contribution in [3.63, 3.8) is 0 Å². The second kappa shape index (κ2) is 6.39. The third-order valence-electron chi connectivity index (χ3n) is 2.93. The Balaban J connectivity index is 1.94. The van der Waals surface area contributed by atoms with Crippen molar-refractivity contribution >= 4 is 28.7 Å². The van der Waals surface area contributed by atoms with Crippen LogP contribution < -0.4 is 11.1 Å². The zero-order valence-electron chi connectivity index (χ0n) is 11.2. The zero-order valence-corrected chi connectivity index (χ0v) is 12.0. The number of amidine groups is 1. The minimum atomic E-state index is -4.49. The molecule has 0 saturated heterocycles. The van der Waals surface area contributed by atoms with Crippen molar-refractivity contribution in [2.24, 2.45) is 10.7 Å². The molecule has 0 bridgehead atoms. The summed E-state index contributed by atoms with van der Waals surface area (Å²) in [6, 6.07) is 4.98. The molecule has 118 valence electrons. The number of thioether (sulfide) groups is 1. The van der Waals surface area contributed by atoms with E-state index < -0.39 is 28.8 Å². The quantitative estimate of drug-likeness (QED) is 0.879. The van der Waals surface area contributed by atoms with Crippen molar-refractivity contribution in [3.8, 4) is 0 Å². The Labute approximate surface area is 128 Å². The molecule has 1 unspecified atom stereocenters. The minimum absolute atomic E-state index is 0.0375. The van der Waals surface area contributed by atoms with Gasteiger partial charge in [-0.05, 0) is 11.6 Å². The second-order valence-corrected chi connectivity index (χ2v) is 5.75. The molecule has 9 heteroatoms. The summed E-state index contributed by atoms with van der Waals surface area (Å²) in [7, 11) is 0. The van der Waals surface area contributed by atoms with E-state index in [2.05, 4.69) is 10.3 Å². The normalized spacial score (nSPS) is 18.2. The number of amides is 2. The van der Waals surface area contributed by atoms with Crippen LogP contribution in [0.1, 0.15) is 17.5 Å². The van der Waals surface area contributed by atoms with E-state index in [0.29, 0.717) is 0 Å². The molecule has 0 fully saturated rings. The van der Waals surface area contributed by atoms with Crippen molar-refractivity contribution < 1.29 is 22.8 Å². The molecular weight excluding hydrogens is 319 g/mol. The summed E-state index contributed by atoms with van der Waals surface area (Å²) in [5.41, 5.74) is 4.52. The van der Waals surface area contributed by atoms with E-state index in [1.54, 1.807) is 0 Å². The van der Waals surface area contributed by atoms with Gasteiger partial charge in [0.15, 0.2) is 5.17 Å². The van der Waals surface area contributed by atoms with Gasteiger partial charge < -0.3 is 11.1 Å². The summed E-state index contributed by atoms with van der Waals surface area (Å²) in [5.74, 6) is -1.04. The van der Waals surface area contributed by atoms with Gasteiger partial charge in [-0.2, -0.15) is 18.2 Å². The van der Waals surface area contributed by atoms with Gasteiger partial charge in [0.25, 0.3) is 5.91 Å². The SMILES string of the molecule is NC1=NC(=O)C(CC(=O)NCc2ccccc2C(F)(F)F)S1. The lowest BCUT2D eigenvalue weighted by atomic mass is 10.1. The zero-order chi connectivity index (χ0) is 16.3. The minimum Gasteiger partial charge on any atom is -0.378 e. The first kappa shape index (κ1) is 16.3. The molecular formula is C13H12F3N3O2S. The molecule has 0 aromatic heterocycles. The fraction of sp³-hybridized carbons (Fsp3) is 0.308. The van der Waals surface area contributed by atoms with Crippen LogP contribution in [0.5, 0.6) is 0 Å². The van der Waals surface area contributed by atoms with Crippen molar-refractivity contribution in [2.45, 2.75) is 24.4 Å². The van der Waals surface area contributed by atoms with Crippen LogP contribution in [-0.4, -0.2) is 22.2 Å². The van der Waals surface area contributed by atoms with E-state index >= 15 is 0 Å². The fourth-order valence-electron chi connectivity index (χ4n) is 1.92. The summed E-state index contributed by atoms with van der Waals surface area (Å²) in [6.45, 7) is -0.267. The molecule has 0 aliphatic carbocycles. The molecule has 1 aromatic carbocycles. The van der Waals surface area contributed by atoms with Gasteiger partial charge >= 0.3 is 6.18 Å². The summed E-state index contributed by atoms with van der Waals surface area (Å²) in [5, 5.41) is 1.76. The number of rotatable bonds is 4. The number of carbonyl (C=O) groups excluding carboxylic acids is 2. The first-order chi connectivity index (χ1) is 10.3. The average molecular weight is 331 g/mol. The molecule has 2 rings (SSSR count). The molecule has 0 radical (unpaired) electrons. The molecule has 0 saturated carbocycles. The Hall–Kier alpha value is -2.03. The van der Waals surface area contributed by atoms with Gasteiger partial charge in [0.05, 0.1) is 5.56 Å². The topological polar surface area (TPSA) is 84.5 Å². The number of nitrogens with one attached hydrogen (secondary N) is 1. The third-order valence-corrected chi connectivity index (χ3v) is 3.91. The van der Waals surface area contributed by atoms with E-state index in [1.165, 1.54) is 18.2 Å². The highest BCUT2D eigenvalue weighted by atomic mass is 32.2. The Bertz CT molecular complexity index is 631. The van der Waals surface area contributed by atoms with E-state index in [9.17, 15) is 22.8 Å². The summed E-state index contributed by atoms with van der Waals surface area (Å²) in [4.78, 5) is 26.6. The molecule has 1 aliphatic heterocycles. The molecule has 1 aliphatic rings. The highest BCUT2D eigenvalue weighted by Gasteiger charge is 2.33. The summed E-state index contributed by atoms with van der Waals surface area (Å²) in [6.07, 6.45) is -4.66. The lowest BCUT2D eigenvalue weighted by molar-refractivity contribution is -0.138. The number of aliphatic imine (C=N–C) groups is 1. The third kappa shape index (κ3) is 4.00. The Morgan fingerprint density at radius 2 is 2.05 bits per heavy atom. The average Bonchev–Trinajstić information content (AvgIpc) is 2.74. The first-order valence-electron chi connectivity index (χ1n) is 6.24. The number of hydrogen-bond acceptors (Lipinski definition) is 4. The van der Waals surface area contributed by atoms with Crippen LogP contribution in [0.25, 0.3) is 0 Å².